The highest BCUT2D eigenvalue weighted by Gasteiger charge is 2.39. The van der Waals surface area contributed by atoms with Crippen LogP contribution < -0.4 is 0 Å². The average molecular weight is 223 g/mol. The minimum atomic E-state index is -4.86. The molecule has 1 aromatic carbocycles. The Bertz CT molecular complexity index is 414. The second-order valence-corrected chi connectivity index (χ2v) is 2.82. The quantitative estimate of drug-likeness (QED) is 0.417. The monoisotopic (exact) mass is 223 g/mol. The van der Waals surface area contributed by atoms with Gasteiger partial charge in [0.15, 0.2) is 0 Å². The van der Waals surface area contributed by atoms with E-state index < -0.39 is 33.7 Å². The summed E-state index contributed by atoms with van der Waals surface area (Å²) in [6, 6.07) is 0.922. The number of benzene rings is 1. The molecule has 0 fully saturated rings. The van der Waals surface area contributed by atoms with Crippen molar-refractivity contribution in [1.82, 2.24) is 0 Å². The van der Waals surface area contributed by atoms with Crippen LogP contribution in [-0.4, -0.2) is 4.92 Å². The van der Waals surface area contributed by atoms with Gasteiger partial charge in [0.25, 0.3) is 5.69 Å². The number of alkyl halides is 3. The second kappa shape index (κ2) is 3.48. The maximum absolute atomic E-state index is 12.8. The van der Waals surface area contributed by atoms with Crippen molar-refractivity contribution in [3.8, 4) is 0 Å². The summed E-state index contributed by atoms with van der Waals surface area (Å²) in [5, 5.41) is 10.4. The van der Waals surface area contributed by atoms with Crippen LogP contribution in [0.15, 0.2) is 12.1 Å². The lowest BCUT2D eigenvalue weighted by molar-refractivity contribution is -0.388. The standard InChI is InChI=1S/C8H5F4NO2/c1-4-6(9)3-2-5(8(10,11)12)7(4)13(14)15/h2-3H,1H3. The van der Waals surface area contributed by atoms with Crippen molar-refractivity contribution in [2.75, 3.05) is 0 Å². The molecule has 0 unspecified atom stereocenters. The van der Waals surface area contributed by atoms with Gasteiger partial charge in [0.05, 0.1) is 10.5 Å². The van der Waals surface area contributed by atoms with E-state index in [0.29, 0.717) is 12.1 Å². The number of nitro benzene ring substituents is 1. The van der Waals surface area contributed by atoms with E-state index in [-0.39, 0.29) is 0 Å². The van der Waals surface area contributed by atoms with Crippen LogP contribution in [0.25, 0.3) is 0 Å². The van der Waals surface area contributed by atoms with E-state index in [2.05, 4.69) is 0 Å². The molecule has 7 heteroatoms. The van der Waals surface area contributed by atoms with Gasteiger partial charge in [-0.3, -0.25) is 10.1 Å². The molecule has 15 heavy (non-hydrogen) atoms. The van der Waals surface area contributed by atoms with Crippen molar-refractivity contribution in [2.24, 2.45) is 0 Å². The van der Waals surface area contributed by atoms with Gasteiger partial charge in [0.2, 0.25) is 0 Å². The molecule has 82 valence electrons. The average Bonchev–Trinajstić information content (AvgIpc) is 2.06. The van der Waals surface area contributed by atoms with Gasteiger partial charge in [0, 0.05) is 0 Å². The molecular formula is C8H5F4NO2. The first-order valence-electron chi connectivity index (χ1n) is 3.76. The highest BCUT2D eigenvalue weighted by atomic mass is 19.4. The predicted octanol–water partition coefficient (Wildman–Crippen LogP) is 3.06. The highest BCUT2D eigenvalue weighted by Crippen LogP contribution is 2.38. The normalized spacial score (nSPS) is 11.5. The molecule has 1 rings (SSSR count). The predicted molar refractivity (Wildman–Crippen MR) is 42.8 cm³/mol. The zero-order valence-corrected chi connectivity index (χ0v) is 7.43. The number of nitrogens with zero attached hydrogens (tertiary/aromatic N) is 1. The van der Waals surface area contributed by atoms with Crippen molar-refractivity contribution < 1.29 is 22.5 Å². The topological polar surface area (TPSA) is 43.1 Å². The first-order chi connectivity index (χ1) is 6.75. The molecular weight excluding hydrogens is 218 g/mol. The number of hydrogen-bond donors (Lipinski definition) is 0. The molecule has 0 aliphatic carbocycles. The number of rotatable bonds is 1. The van der Waals surface area contributed by atoms with Gasteiger partial charge in [-0.05, 0) is 19.1 Å². The maximum Gasteiger partial charge on any atom is 0.423 e. The summed E-state index contributed by atoms with van der Waals surface area (Å²) in [7, 11) is 0. The Morgan fingerprint density at radius 2 is 1.87 bits per heavy atom. The molecule has 0 spiro atoms. The van der Waals surface area contributed by atoms with Gasteiger partial charge in [-0.15, -0.1) is 0 Å². The van der Waals surface area contributed by atoms with Gasteiger partial charge < -0.3 is 0 Å². The Labute approximate surface area is 81.5 Å². The van der Waals surface area contributed by atoms with Crippen LogP contribution in [0, 0.1) is 22.9 Å². The minimum Gasteiger partial charge on any atom is -0.258 e. The van der Waals surface area contributed by atoms with Gasteiger partial charge in [-0.2, -0.15) is 13.2 Å². The van der Waals surface area contributed by atoms with Gasteiger partial charge in [-0.25, -0.2) is 4.39 Å². The van der Waals surface area contributed by atoms with Gasteiger partial charge in [0.1, 0.15) is 11.4 Å². The Balaban J connectivity index is 3.55. The fourth-order valence-electron chi connectivity index (χ4n) is 1.14. The number of hydrogen-bond acceptors (Lipinski definition) is 2. The van der Waals surface area contributed by atoms with Crippen LogP contribution in [0.3, 0.4) is 0 Å². The third kappa shape index (κ3) is 2.05. The molecule has 0 bridgehead atoms. The van der Waals surface area contributed by atoms with E-state index in [1.54, 1.807) is 0 Å². The molecule has 1 aromatic rings. The lowest BCUT2D eigenvalue weighted by Crippen LogP contribution is -2.10. The van der Waals surface area contributed by atoms with Gasteiger partial charge in [-0.1, -0.05) is 0 Å². The van der Waals surface area contributed by atoms with Gasteiger partial charge >= 0.3 is 6.18 Å². The fourth-order valence-corrected chi connectivity index (χ4v) is 1.14. The summed E-state index contributed by atoms with van der Waals surface area (Å²) < 4.78 is 49.7. The molecule has 0 saturated heterocycles. The summed E-state index contributed by atoms with van der Waals surface area (Å²) in [5.74, 6) is -1.03. The van der Waals surface area contributed by atoms with Crippen LogP contribution in [0.5, 0.6) is 0 Å². The van der Waals surface area contributed by atoms with Crippen LogP contribution in [-0.2, 0) is 6.18 Å². The van der Waals surface area contributed by atoms with Crippen molar-refractivity contribution >= 4 is 5.69 Å². The zero-order chi connectivity index (χ0) is 11.8. The second-order valence-electron chi connectivity index (χ2n) is 2.82. The first kappa shape index (κ1) is 11.4. The van der Waals surface area contributed by atoms with Crippen LogP contribution in [0.4, 0.5) is 23.2 Å². The highest BCUT2D eigenvalue weighted by molar-refractivity contribution is 5.49. The summed E-state index contributed by atoms with van der Waals surface area (Å²) in [6.45, 7) is 0.933. The summed E-state index contributed by atoms with van der Waals surface area (Å²) in [5.41, 5.74) is -3.29. The van der Waals surface area contributed by atoms with E-state index >= 15 is 0 Å². The maximum atomic E-state index is 12.8. The smallest absolute Gasteiger partial charge is 0.258 e. The van der Waals surface area contributed by atoms with E-state index in [9.17, 15) is 27.7 Å². The summed E-state index contributed by atoms with van der Waals surface area (Å²) in [6.07, 6.45) is -4.86. The number of nitro groups is 1. The molecule has 0 aromatic heterocycles. The van der Waals surface area contributed by atoms with Crippen molar-refractivity contribution in [3.63, 3.8) is 0 Å². The van der Waals surface area contributed by atoms with Crippen molar-refractivity contribution in [2.45, 2.75) is 13.1 Å². The molecule has 0 heterocycles. The molecule has 3 nitrogen and oxygen atoms in total. The van der Waals surface area contributed by atoms with E-state index in [1.807, 2.05) is 0 Å². The zero-order valence-electron chi connectivity index (χ0n) is 7.43. The Morgan fingerprint density at radius 1 is 1.33 bits per heavy atom. The lowest BCUT2D eigenvalue weighted by atomic mass is 10.1. The summed E-state index contributed by atoms with van der Waals surface area (Å²) in [4.78, 5) is 9.15. The molecule has 0 aliphatic heterocycles. The molecule has 0 atom stereocenters. The molecule has 0 N–H and O–H groups in total. The third-order valence-corrected chi connectivity index (χ3v) is 1.85. The first-order valence-corrected chi connectivity index (χ1v) is 3.76. The number of halogens is 4. The molecule has 0 amide bonds. The van der Waals surface area contributed by atoms with Crippen molar-refractivity contribution in [3.05, 3.63) is 39.2 Å². The summed E-state index contributed by atoms with van der Waals surface area (Å²) >= 11 is 0. The largest absolute Gasteiger partial charge is 0.423 e. The minimum absolute atomic E-state index is 0.362. The van der Waals surface area contributed by atoms with Crippen LogP contribution in [0.2, 0.25) is 0 Å². The third-order valence-electron chi connectivity index (χ3n) is 1.85. The Morgan fingerprint density at radius 3 is 2.27 bits per heavy atom. The van der Waals surface area contributed by atoms with Crippen molar-refractivity contribution in [1.29, 1.82) is 0 Å². The van der Waals surface area contributed by atoms with E-state index in [1.165, 1.54) is 0 Å². The lowest BCUT2D eigenvalue weighted by Gasteiger charge is -2.08. The molecule has 0 saturated carbocycles. The Hall–Kier alpha value is -1.66. The SMILES string of the molecule is Cc1c(F)ccc(C(F)(F)F)c1[N+](=O)[O-]. The van der Waals surface area contributed by atoms with Crippen LogP contribution >= 0.6 is 0 Å². The Kier molecular flexibility index (Phi) is 2.65. The van der Waals surface area contributed by atoms with E-state index in [0.717, 1.165) is 6.92 Å². The van der Waals surface area contributed by atoms with Crippen LogP contribution in [0.1, 0.15) is 11.1 Å². The molecule has 0 aliphatic rings. The molecule has 0 radical (unpaired) electrons. The fraction of sp³-hybridized carbons (Fsp3) is 0.250. The van der Waals surface area contributed by atoms with E-state index in [4.69, 9.17) is 0 Å².